The maximum Gasteiger partial charge on any atom is 0.341 e. The van der Waals surface area contributed by atoms with E-state index >= 15 is 0 Å². The van der Waals surface area contributed by atoms with Gasteiger partial charge in [0.1, 0.15) is 11.4 Å². The molecule has 1 aromatic carbocycles. The topological polar surface area (TPSA) is 74.6 Å². The van der Waals surface area contributed by atoms with Gasteiger partial charge in [-0.15, -0.1) is 0 Å². The van der Waals surface area contributed by atoms with Gasteiger partial charge in [-0.1, -0.05) is 19.1 Å². The number of phenols is 1. The van der Waals surface area contributed by atoms with Gasteiger partial charge in [-0.05, 0) is 18.6 Å². The van der Waals surface area contributed by atoms with Crippen LogP contribution in [-0.2, 0) is 0 Å². The van der Waals surface area contributed by atoms with Gasteiger partial charge in [-0.3, -0.25) is 9.59 Å². The Morgan fingerprint density at radius 2 is 1.94 bits per heavy atom. The van der Waals surface area contributed by atoms with Crippen LogP contribution in [0.4, 0.5) is 5.69 Å². The molecule has 6 nitrogen and oxygen atoms in total. The molecule has 2 N–H and O–H groups in total. The lowest BCUT2D eigenvalue weighted by Crippen LogP contribution is -2.42. The first-order valence-corrected chi connectivity index (χ1v) is 5.36. The van der Waals surface area contributed by atoms with Crippen LogP contribution >= 0.6 is 0 Å². The normalized spacial score (nSPS) is 10.9. The minimum Gasteiger partial charge on any atom is -0.506 e. The van der Waals surface area contributed by atoms with E-state index in [0.717, 1.165) is 11.1 Å². The number of phenolic OH excluding ortho intramolecular Hbond substituents is 1. The Kier molecular flexibility index (Phi) is 2.97. The van der Waals surface area contributed by atoms with E-state index in [1.54, 1.807) is 18.2 Å². The molecular formula is C11H13N3O3. The van der Waals surface area contributed by atoms with E-state index in [-0.39, 0.29) is 5.75 Å². The maximum atomic E-state index is 11.1. The molecule has 17 heavy (non-hydrogen) atoms. The Balaban J connectivity index is 2.35. The fourth-order valence-electron chi connectivity index (χ4n) is 1.43. The van der Waals surface area contributed by atoms with Gasteiger partial charge in [-0.25, -0.2) is 10.5 Å². The van der Waals surface area contributed by atoms with Crippen LogP contribution in [0.1, 0.15) is 13.3 Å². The second-order valence-corrected chi connectivity index (χ2v) is 3.63. The van der Waals surface area contributed by atoms with Crippen LogP contribution in [0.15, 0.2) is 33.9 Å². The number of nitrogens with one attached hydrogen (secondary N) is 1. The van der Waals surface area contributed by atoms with Crippen molar-refractivity contribution in [1.29, 1.82) is 0 Å². The number of aromatic nitrogens is 1. The fourth-order valence-corrected chi connectivity index (χ4v) is 1.43. The lowest BCUT2D eigenvalue weighted by molar-refractivity contribution is 0.465. The summed E-state index contributed by atoms with van der Waals surface area (Å²) in [5, 5.41) is 11.0. The molecule has 0 unspecified atom stereocenters. The van der Waals surface area contributed by atoms with Crippen molar-refractivity contribution in [3.63, 3.8) is 0 Å². The molecule has 1 heterocycles. The average Bonchev–Trinajstić information content (AvgIpc) is 2.90. The van der Waals surface area contributed by atoms with Crippen molar-refractivity contribution in [2.45, 2.75) is 13.3 Å². The summed E-state index contributed by atoms with van der Waals surface area (Å²) in [4.78, 5) is 22.2. The molecule has 0 atom stereocenters. The quantitative estimate of drug-likeness (QED) is 0.562. The summed E-state index contributed by atoms with van der Waals surface area (Å²) in [6.45, 7) is 2.55. The Hall–Kier alpha value is -2.08. The van der Waals surface area contributed by atoms with Crippen molar-refractivity contribution < 1.29 is 5.11 Å². The van der Waals surface area contributed by atoms with Crippen molar-refractivity contribution >= 4 is 5.69 Å². The first-order chi connectivity index (χ1) is 8.16. The summed E-state index contributed by atoms with van der Waals surface area (Å²) in [5.74, 6) is 0.00334. The van der Waals surface area contributed by atoms with Crippen molar-refractivity contribution in [3.8, 4) is 5.75 Å². The molecule has 0 aliphatic heterocycles. The highest BCUT2D eigenvalue weighted by atomic mass is 16.3. The summed E-state index contributed by atoms with van der Waals surface area (Å²) >= 11 is 0. The summed E-state index contributed by atoms with van der Waals surface area (Å²) in [5.41, 5.74) is 2.11. The summed E-state index contributed by atoms with van der Waals surface area (Å²) in [6.07, 6.45) is 0.834. The minimum absolute atomic E-state index is 0.00334. The van der Waals surface area contributed by atoms with E-state index in [2.05, 4.69) is 5.43 Å². The number of hydrogen-bond donors (Lipinski definition) is 2. The zero-order chi connectivity index (χ0) is 12.4. The van der Waals surface area contributed by atoms with Crippen molar-refractivity contribution in [2.75, 3.05) is 11.7 Å². The third-order valence-corrected chi connectivity index (χ3v) is 2.34. The predicted octanol–water partition coefficient (Wildman–Crippen LogP) is -0.0260. The van der Waals surface area contributed by atoms with Crippen LogP contribution in [-0.4, -0.2) is 16.3 Å². The molecule has 0 spiro atoms. The summed E-state index contributed by atoms with van der Waals surface area (Å²) in [6, 6.07) is 6.50. The zero-order valence-electron chi connectivity index (χ0n) is 9.38. The molecule has 0 saturated heterocycles. The van der Waals surface area contributed by atoms with E-state index < -0.39 is 11.1 Å². The number of para-hydroxylation sites is 2. The molecular weight excluding hydrogens is 222 g/mol. The van der Waals surface area contributed by atoms with Gasteiger partial charge < -0.3 is 5.11 Å². The SMILES string of the molecule is CCCNN(c1ccccc1O)n1c(=O)c1=O. The Morgan fingerprint density at radius 1 is 1.29 bits per heavy atom. The van der Waals surface area contributed by atoms with E-state index in [0.29, 0.717) is 12.2 Å². The molecule has 2 aromatic rings. The second-order valence-electron chi connectivity index (χ2n) is 3.63. The number of hydrogen-bond acceptors (Lipinski definition) is 5. The Morgan fingerprint density at radius 3 is 2.47 bits per heavy atom. The zero-order valence-corrected chi connectivity index (χ0v) is 9.38. The molecule has 90 valence electrons. The number of hydrazine groups is 1. The molecule has 2 rings (SSSR count). The van der Waals surface area contributed by atoms with E-state index in [9.17, 15) is 14.7 Å². The molecule has 0 aliphatic rings. The van der Waals surface area contributed by atoms with Gasteiger partial charge in [0.15, 0.2) is 0 Å². The third-order valence-electron chi connectivity index (χ3n) is 2.34. The lowest BCUT2D eigenvalue weighted by atomic mass is 10.3. The highest BCUT2D eigenvalue weighted by Gasteiger charge is 2.25. The van der Waals surface area contributed by atoms with Crippen LogP contribution in [0.3, 0.4) is 0 Å². The third kappa shape index (κ3) is 2.07. The molecule has 1 aromatic heterocycles. The van der Waals surface area contributed by atoms with Crippen molar-refractivity contribution in [2.24, 2.45) is 0 Å². The van der Waals surface area contributed by atoms with Crippen LogP contribution in [0.5, 0.6) is 5.75 Å². The number of anilines is 1. The van der Waals surface area contributed by atoms with Crippen molar-refractivity contribution in [1.82, 2.24) is 10.1 Å². The Labute approximate surface area is 97.3 Å². The molecule has 0 amide bonds. The minimum atomic E-state index is -0.586. The van der Waals surface area contributed by atoms with E-state index in [4.69, 9.17) is 0 Å². The van der Waals surface area contributed by atoms with E-state index in [1.807, 2.05) is 6.92 Å². The monoisotopic (exact) mass is 235 g/mol. The number of aromatic hydroxyl groups is 1. The largest absolute Gasteiger partial charge is 0.506 e. The summed E-state index contributed by atoms with van der Waals surface area (Å²) in [7, 11) is 0. The van der Waals surface area contributed by atoms with Crippen LogP contribution in [0, 0.1) is 0 Å². The second kappa shape index (κ2) is 4.42. The fraction of sp³-hybridized carbons (Fsp3) is 0.273. The first kappa shape index (κ1) is 11.4. The summed E-state index contributed by atoms with van der Waals surface area (Å²) < 4.78 is 0.949. The maximum absolute atomic E-state index is 11.1. The highest BCUT2D eigenvalue weighted by Crippen LogP contribution is 2.24. The molecule has 6 heteroatoms. The van der Waals surface area contributed by atoms with Crippen LogP contribution < -0.4 is 21.7 Å². The number of benzene rings is 1. The number of nitrogens with zero attached hydrogens (tertiary/aromatic N) is 2. The highest BCUT2D eigenvalue weighted by molar-refractivity contribution is 5.56. The van der Waals surface area contributed by atoms with Crippen LogP contribution in [0.25, 0.3) is 0 Å². The van der Waals surface area contributed by atoms with E-state index in [1.165, 1.54) is 11.2 Å². The van der Waals surface area contributed by atoms with Gasteiger partial charge in [0.25, 0.3) is 0 Å². The molecule has 0 bridgehead atoms. The first-order valence-electron chi connectivity index (χ1n) is 5.36. The Bertz CT molecular complexity index is 558. The standard InChI is InChI=1S/C11H13N3O3/c1-2-7-12-14(13-10(16)11(13)17)8-5-3-4-6-9(8)15/h3-6,12,15H,2,7H2,1H3. The lowest BCUT2D eigenvalue weighted by Gasteiger charge is -2.21. The van der Waals surface area contributed by atoms with Crippen LogP contribution in [0.2, 0.25) is 0 Å². The number of rotatable bonds is 5. The average molecular weight is 235 g/mol. The van der Waals surface area contributed by atoms with Gasteiger partial charge in [0.05, 0.1) is 0 Å². The van der Waals surface area contributed by atoms with Gasteiger partial charge in [0, 0.05) is 6.54 Å². The molecule has 0 radical (unpaired) electrons. The molecule has 0 fully saturated rings. The predicted molar refractivity (Wildman–Crippen MR) is 63.6 cm³/mol. The molecule has 0 aliphatic carbocycles. The van der Waals surface area contributed by atoms with Gasteiger partial charge in [-0.2, -0.15) is 4.68 Å². The van der Waals surface area contributed by atoms with Gasteiger partial charge in [0.2, 0.25) is 0 Å². The van der Waals surface area contributed by atoms with Gasteiger partial charge >= 0.3 is 11.1 Å². The smallest absolute Gasteiger partial charge is 0.341 e. The van der Waals surface area contributed by atoms with Crippen molar-refractivity contribution in [3.05, 3.63) is 45.0 Å². The molecule has 0 saturated carbocycles.